The summed E-state index contributed by atoms with van der Waals surface area (Å²) in [6.45, 7) is 2.10. The quantitative estimate of drug-likeness (QED) is 0.647. The fraction of sp³-hybridized carbons (Fsp3) is 1.00. The van der Waals surface area contributed by atoms with E-state index in [-0.39, 0.29) is 12.6 Å². The van der Waals surface area contributed by atoms with Gasteiger partial charge in [0.15, 0.2) is 0 Å². The van der Waals surface area contributed by atoms with Crippen molar-refractivity contribution >= 4 is 11.8 Å². The Morgan fingerprint density at radius 2 is 2.21 bits per heavy atom. The molecule has 0 radical (unpaired) electrons. The van der Waals surface area contributed by atoms with Crippen LogP contribution < -0.4 is 5.73 Å². The van der Waals surface area contributed by atoms with E-state index in [2.05, 4.69) is 6.92 Å². The van der Waals surface area contributed by atoms with Gasteiger partial charge in [-0.05, 0) is 25.2 Å². The van der Waals surface area contributed by atoms with Crippen LogP contribution in [0.5, 0.6) is 0 Å². The standard InChI is InChI=1S/C10H21NO2S/c1-7-2-3-9(11)10(4-7)14-6-8(13)5-12/h7-10,12-13H,2-6,11H2,1H3. The summed E-state index contributed by atoms with van der Waals surface area (Å²) in [5, 5.41) is 18.4. The van der Waals surface area contributed by atoms with Crippen molar-refractivity contribution in [2.75, 3.05) is 12.4 Å². The number of aliphatic hydroxyl groups is 2. The zero-order valence-corrected chi connectivity index (χ0v) is 9.54. The third kappa shape index (κ3) is 3.77. The Morgan fingerprint density at radius 3 is 2.86 bits per heavy atom. The molecule has 0 bridgehead atoms. The Labute approximate surface area is 90.1 Å². The molecule has 4 heteroatoms. The fourth-order valence-corrected chi connectivity index (χ4v) is 3.25. The monoisotopic (exact) mass is 219 g/mol. The summed E-state index contributed by atoms with van der Waals surface area (Å²) in [4.78, 5) is 0. The number of nitrogens with two attached hydrogens (primary N) is 1. The van der Waals surface area contributed by atoms with Crippen LogP contribution in [0.1, 0.15) is 26.2 Å². The van der Waals surface area contributed by atoms with Crippen molar-refractivity contribution in [1.82, 2.24) is 0 Å². The number of rotatable bonds is 4. The highest BCUT2D eigenvalue weighted by molar-refractivity contribution is 8.00. The maximum absolute atomic E-state index is 9.23. The van der Waals surface area contributed by atoms with Crippen LogP contribution in [0.2, 0.25) is 0 Å². The van der Waals surface area contributed by atoms with Crippen molar-refractivity contribution in [2.45, 2.75) is 43.6 Å². The smallest absolute Gasteiger partial charge is 0.0861 e. The Morgan fingerprint density at radius 1 is 1.50 bits per heavy atom. The van der Waals surface area contributed by atoms with Crippen LogP contribution in [0.3, 0.4) is 0 Å². The van der Waals surface area contributed by atoms with E-state index in [1.807, 2.05) is 0 Å². The molecule has 1 aliphatic rings. The second kappa shape index (κ2) is 5.95. The van der Waals surface area contributed by atoms with E-state index in [1.54, 1.807) is 11.8 Å². The lowest BCUT2D eigenvalue weighted by Gasteiger charge is -2.32. The van der Waals surface area contributed by atoms with Crippen molar-refractivity contribution in [3.63, 3.8) is 0 Å². The van der Waals surface area contributed by atoms with E-state index < -0.39 is 6.10 Å². The minimum Gasteiger partial charge on any atom is -0.394 e. The molecular formula is C10H21NO2S. The molecule has 0 heterocycles. The molecule has 3 nitrogen and oxygen atoms in total. The fourth-order valence-electron chi connectivity index (χ4n) is 1.83. The van der Waals surface area contributed by atoms with Gasteiger partial charge in [0, 0.05) is 17.0 Å². The zero-order chi connectivity index (χ0) is 10.6. The molecule has 0 aromatic rings. The van der Waals surface area contributed by atoms with Crippen LogP contribution in [0.4, 0.5) is 0 Å². The molecule has 1 rings (SSSR count). The predicted molar refractivity (Wildman–Crippen MR) is 60.3 cm³/mol. The van der Waals surface area contributed by atoms with Crippen LogP contribution in [-0.4, -0.2) is 40.0 Å². The summed E-state index contributed by atoms with van der Waals surface area (Å²) >= 11 is 1.71. The van der Waals surface area contributed by atoms with Gasteiger partial charge >= 0.3 is 0 Å². The number of aliphatic hydroxyl groups excluding tert-OH is 2. The Hall–Kier alpha value is 0.230. The number of hydrogen-bond acceptors (Lipinski definition) is 4. The van der Waals surface area contributed by atoms with Gasteiger partial charge in [0.1, 0.15) is 0 Å². The Balaban J connectivity index is 2.27. The summed E-state index contributed by atoms with van der Waals surface area (Å²) in [6.07, 6.45) is 2.86. The van der Waals surface area contributed by atoms with Gasteiger partial charge < -0.3 is 15.9 Å². The van der Waals surface area contributed by atoms with Crippen LogP contribution in [-0.2, 0) is 0 Å². The highest BCUT2D eigenvalue weighted by Gasteiger charge is 2.26. The average Bonchev–Trinajstić information content (AvgIpc) is 2.19. The van der Waals surface area contributed by atoms with Crippen LogP contribution in [0.15, 0.2) is 0 Å². The molecule has 84 valence electrons. The third-order valence-corrected chi connectivity index (χ3v) is 4.37. The first-order chi connectivity index (χ1) is 6.63. The Bertz CT molecular complexity index is 168. The van der Waals surface area contributed by atoms with E-state index in [0.717, 1.165) is 18.8 Å². The molecule has 4 N–H and O–H groups in total. The lowest BCUT2D eigenvalue weighted by atomic mass is 9.87. The van der Waals surface area contributed by atoms with Crippen molar-refractivity contribution in [3.8, 4) is 0 Å². The first-order valence-electron chi connectivity index (χ1n) is 5.29. The summed E-state index contributed by atoms with van der Waals surface area (Å²) in [5.74, 6) is 1.35. The molecule has 0 aliphatic heterocycles. The van der Waals surface area contributed by atoms with Crippen LogP contribution >= 0.6 is 11.8 Å². The van der Waals surface area contributed by atoms with E-state index in [4.69, 9.17) is 10.8 Å². The first-order valence-corrected chi connectivity index (χ1v) is 6.34. The van der Waals surface area contributed by atoms with E-state index in [0.29, 0.717) is 11.0 Å². The summed E-state index contributed by atoms with van der Waals surface area (Å²) < 4.78 is 0. The predicted octanol–water partition coefficient (Wildman–Crippen LogP) is 0.589. The average molecular weight is 219 g/mol. The molecule has 14 heavy (non-hydrogen) atoms. The van der Waals surface area contributed by atoms with E-state index in [9.17, 15) is 5.11 Å². The largest absolute Gasteiger partial charge is 0.394 e. The van der Waals surface area contributed by atoms with Crippen LogP contribution in [0, 0.1) is 5.92 Å². The lowest BCUT2D eigenvalue weighted by Crippen LogP contribution is -2.38. The van der Waals surface area contributed by atoms with Crippen LogP contribution in [0.25, 0.3) is 0 Å². The molecule has 4 unspecified atom stereocenters. The molecule has 0 aromatic carbocycles. The summed E-state index contributed by atoms with van der Waals surface area (Å²) in [5.41, 5.74) is 6.00. The maximum Gasteiger partial charge on any atom is 0.0861 e. The summed E-state index contributed by atoms with van der Waals surface area (Å²) in [6, 6.07) is 0.266. The SMILES string of the molecule is CC1CCC(N)C(SCC(O)CO)C1. The lowest BCUT2D eigenvalue weighted by molar-refractivity contribution is 0.113. The van der Waals surface area contributed by atoms with Gasteiger partial charge in [-0.25, -0.2) is 0 Å². The highest BCUT2D eigenvalue weighted by atomic mass is 32.2. The van der Waals surface area contributed by atoms with Crippen molar-refractivity contribution in [2.24, 2.45) is 11.7 Å². The van der Waals surface area contributed by atoms with Gasteiger partial charge in [-0.3, -0.25) is 0 Å². The van der Waals surface area contributed by atoms with Crippen molar-refractivity contribution in [1.29, 1.82) is 0 Å². The van der Waals surface area contributed by atoms with Crippen molar-refractivity contribution < 1.29 is 10.2 Å². The molecule has 0 aromatic heterocycles. The highest BCUT2D eigenvalue weighted by Crippen LogP contribution is 2.31. The molecule has 0 amide bonds. The number of thioether (sulfide) groups is 1. The van der Waals surface area contributed by atoms with E-state index >= 15 is 0 Å². The van der Waals surface area contributed by atoms with Gasteiger partial charge in [-0.2, -0.15) is 11.8 Å². The normalized spacial score (nSPS) is 35.6. The van der Waals surface area contributed by atoms with Gasteiger partial charge in [-0.1, -0.05) is 6.92 Å². The molecule has 0 saturated heterocycles. The molecular weight excluding hydrogens is 198 g/mol. The molecule has 1 fully saturated rings. The van der Waals surface area contributed by atoms with E-state index in [1.165, 1.54) is 6.42 Å². The molecule has 1 aliphatic carbocycles. The second-order valence-electron chi connectivity index (χ2n) is 4.29. The second-order valence-corrected chi connectivity index (χ2v) is 5.56. The van der Waals surface area contributed by atoms with Gasteiger partial charge in [0.05, 0.1) is 12.7 Å². The van der Waals surface area contributed by atoms with Gasteiger partial charge in [0.25, 0.3) is 0 Å². The Kier molecular flexibility index (Phi) is 5.23. The molecule has 4 atom stereocenters. The zero-order valence-electron chi connectivity index (χ0n) is 8.72. The molecule has 0 spiro atoms. The minimum absolute atomic E-state index is 0.148. The molecule has 1 saturated carbocycles. The topological polar surface area (TPSA) is 66.5 Å². The first kappa shape index (κ1) is 12.3. The minimum atomic E-state index is -0.593. The third-order valence-electron chi connectivity index (χ3n) is 2.82. The van der Waals surface area contributed by atoms with Crippen molar-refractivity contribution in [3.05, 3.63) is 0 Å². The van der Waals surface area contributed by atoms with Gasteiger partial charge in [-0.15, -0.1) is 0 Å². The maximum atomic E-state index is 9.23. The number of hydrogen-bond donors (Lipinski definition) is 3. The van der Waals surface area contributed by atoms with Gasteiger partial charge in [0.2, 0.25) is 0 Å². The summed E-state index contributed by atoms with van der Waals surface area (Å²) in [7, 11) is 0.